The zero-order chi connectivity index (χ0) is 12.1. The maximum atomic E-state index is 8.59. The molecule has 1 heterocycles. The van der Waals surface area contributed by atoms with Crippen molar-refractivity contribution >= 4 is 0 Å². The number of nitrogens with two attached hydrogens (primary N) is 1. The van der Waals surface area contributed by atoms with Gasteiger partial charge < -0.3 is 10.5 Å². The summed E-state index contributed by atoms with van der Waals surface area (Å²) >= 11 is 0. The average Bonchev–Trinajstić information content (AvgIpc) is 2.84. The van der Waals surface area contributed by atoms with Crippen LogP contribution in [-0.4, -0.2) is 23.1 Å². The Hall–Kier alpha value is -1.67. The number of ether oxygens (including phenoxy) is 1. The molecule has 1 aliphatic carbocycles. The van der Waals surface area contributed by atoms with Crippen LogP contribution in [0.25, 0.3) is 0 Å². The van der Waals surface area contributed by atoms with E-state index in [9.17, 15) is 0 Å². The van der Waals surface area contributed by atoms with Gasteiger partial charge in [0.05, 0.1) is 19.0 Å². The summed E-state index contributed by atoms with van der Waals surface area (Å²) < 4.78 is 5.58. The lowest BCUT2D eigenvalue weighted by Gasteiger charge is -2.17. The Morgan fingerprint density at radius 2 is 2.18 bits per heavy atom. The van der Waals surface area contributed by atoms with Crippen molar-refractivity contribution < 1.29 is 4.74 Å². The summed E-state index contributed by atoms with van der Waals surface area (Å²) in [5.74, 6) is 1.57. The molecule has 2 rings (SSSR count). The normalized spacial score (nSPS) is 23.3. The van der Waals surface area contributed by atoms with Gasteiger partial charge in [0.1, 0.15) is 6.07 Å². The van der Waals surface area contributed by atoms with Gasteiger partial charge in [-0.25, -0.2) is 9.97 Å². The van der Waals surface area contributed by atoms with Gasteiger partial charge in [-0.2, -0.15) is 5.26 Å². The minimum absolute atomic E-state index is 0.304. The van der Waals surface area contributed by atoms with Crippen LogP contribution in [0.1, 0.15) is 25.0 Å². The molecule has 90 valence electrons. The number of nitriles is 1. The van der Waals surface area contributed by atoms with Crippen molar-refractivity contribution in [3.63, 3.8) is 0 Å². The van der Waals surface area contributed by atoms with Gasteiger partial charge in [-0.15, -0.1) is 0 Å². The highest BCUT2D eigenvalue weighted by atomic mass is 16.5. The van der Waals surface area contributed by atoms with E-state index in [1.165, 1.54) is 31.7 Å². The molecule has 1 aromatic rings. The van der Waals surface area contributed by atoms with Gasteiger partial charge in [-0.05, 0) is 31.2 Å². The van der Waals surface area contributed by atoms with Gasteiger partial charge in [-0.3, -0.25) is 0 Å². The molecule has 0 aliphatic heterocycles. The summed E-state index contributed by atoms with van der Waals surface area (Å²) in [5.41, 5.74) is 6.02. The molecule has 1 fully saturated rings. The van der Waals surface area contributed by atoms with Crippen molar-refractivity contribution in [3.8, 4) is 11.9 Å². The number of hydrogen-bond acceptors (Lipinski definition) is 5. The summed E-state index contributed by atoms with van der Waals surface area (Å²) in [6, 6.07) is 1.92. The molecule has 1 aliphatic rings. The lowest BCUT2D eigenvalue weighted by atomic mass is 9.97. The summed E-state index contributed by atoms with van der Waals surface area (Å²) in [7, 11) is 0. The first-order chi connectivity index (χ1) is 8.33. The first kappa shape index (κ1) is 11.8. The molecule has 0 bridgehead atoms. The molecule has 0 radical (unpaired) electrons. The first-order valence-electron chi connectivity index (χ1n) is 5.88. The SMILES string of the molecule is N#Cc1cnc(OCC2CCCC2CN)cn1. The van der Waals surface area contributed by atoms with Crippen LogP contribution >= 0.6 is 0 Å². The molecule has 0 saturated heterocycles. The van der Waals surface area contributed by atoms with Gasteiger partial charge in [0.15, 0.2) is 5.69 Å². The number of rotatable bonds is 4. The minimum Gasteiger partial charge on any atom is -0.476 e. The van der Waals surface area contributed by atoms with Crippen LogP contribution in [0.3, 0.4) is 0 Å². The molecular weight excluding hydrogens is 216 g/mol. The third-order valence-corrected chi connectivity index (χ3v) is 3.31. The molecule has 2 unspecified atom stereocenters. The van der Waals surface area contributed by atoms with Crippen LogP contribution in [0.4, 0.5) is 0 Å². The molecule has 0 spiro atoms. The smallest absolute Gasteiger partial charge is 0.232 e. The van der Waals surface area contributed by atoms with Crippen molar-refractivity contribution in [3.05, 3.63) is 18.1 Å². The number of aromatic nitrogens is 2. The van der Waals surface area contributed by atoms with E-state index in [0.717, 1.165) is 6.54 Å². The highest BCUT2D eigenvalue weighted by Crippen LogP contribution is 2.31. The standard InChI is InChI=1S/C12H16N4O/c13-4-9-2-1-3-10(9)8-17-12-7-15-11(5-14)6-16-12/h6-7,9-10H,1-4,8,13H2. The third kappa shape index (κ3) is 2.92. The fourth-order valence-electron chi connectivity index (χ4n) is 2.28. The second kappa shape index (κ2) is 5.60. The lowest BCUT2D eigenvalue weighted by molar-refractivity contribution is 0.209. The van der Waals surface area contributed by atoms with Gasteiger partial charge in [0.25, 0.3) is 0 Å². The predicted octanol–water partition coefficient (Wildman–Crippen LogP) is 1.10. The Morgan fingerprint density at radius 3 is 2.82 bits per heavy atom. The van der Waals surface area contributed by atoms with Crippen LogP contribution in [0, 0.1) is 23.2 Å². The van der Waals surface area contributed by atoms with E-state index >= 15 is 0 Å². The summed E-state index contributed by atoms with van der Waals surface area (Å²) in [5, 5.41) is 8.59. The molecule has 17 heavy (non-hydrogen) atoms. The quantitative estimate of drug-likeness (QED) is 0.840. The van der Waals surface area contributed by atoms with E-state index in [2.05, 4.69) is 9.97 Å². The van der Waals surface area contributed by atoms with E-state index in [-0.39, 0.29) is 0 Å². The van der Waals surface area contributed by atoms with Crippen molar-refractivity contribution in [1.29, 1.82) is 5.26 Å². The number of nitrogens with zero attached hydrogens (tertiary/aromatic N) is 3. The Bertz CT molecular complexity index is 398. The molecule has 5 heteroatoms. The summed E-state index contributed by atoms with van der Waals surface area (Å²) in [6.45, 7) is 1.37. The highest BCUT2D eigenvalue weighted by Gasteiger charge is 2.26. The minimum atomic E-state index is 0.304. The maximum Gasteiger partial charge on any atom is 0.232 e. The monoisotopic (exact) mass is 232 g/mol. The molecule has 0 amide bonds. The zero-order valence-electron chi connectivity index (χ0n) is 9.67. The summed E-state index contributed by atoms with van der Waals surface area (Å²) in [4.78, 5) is 7.93. The molecule has 2 atom stereocenters. The molecule has 2 N–H and O–H groups in total. The van der Waals surface area contributed by atoms with Crippen LogP contribution in [0.2, 0.25) is 0 Å². The van der Waals surface area contributed by atoms with Gasteiger partial charge in [0.2, 0.25) is 5.88 Å². The largest absolute Gasteiger partial charge is 0.476 e. The van der Waals surface area contributed by atoms with Crippen LogP contribution in [0.15, 0.2) is 12.4 Å². The zero-order valence-corrected chi connectivity index (χ0v) is 9.67. The van der Waals surface area contributed by atoms with Crippen LogP contribution in [-0.2, 0) is 0 Å². The number of hydrogen-bond donors (Lipinski definition) is 1. The lowest BCUT2D eigenvalue weighted by Crippen LogP contribution is -2.23. The van der Waals surface area contributed by atoms with Crippen LogP contribution < -0.4 is 10.5 Å². The Balaban J connectivity index is 1.87. The topological polar surface area (TPSA) is 84.8 Å². The molecule has 1 saturated carbocycles. The Morgan fingerprint density at radius 1 is 1.35 bits per heavy atom. The Labute approximate surface area is 101 Å². The van der Waals surface area contributed by atoms with Crippen molar-refractivity contribution in [2.75, 3.05) is 13.2 Å². The van der Waals surface area contributed by atoms with Gasteiger partial charge >= 0.3 is 0 Å². The van der Waals surface area contributed by atoms with E-state index < -0.39 is 0 Å². The molecule has 1 aromatic heterocycles. The fraction of sp³-hybridized carbons (Fsp3) is 0.583. The van der Waals surface area contributed by atoms with Crippen molar-refractivity contribution in [2.45, 2.75) is 19.3 Å². The highest BCUT2D eigenvalue weighted by molar-refractivity contribution is 5.18. The van der Waals surface area contributed by atoms with E-state index in [0.29, 0.717) is 30.0 Å². The Kier molecular flexibility index (Phi) is 3.89. The maximum absolute atomic E-state index is 8.59. The van der Waals surface area contributed by atoms with E-state index in [1.54, 1.807) is 0 Å². The second-order valence-electron chi connectivity index (χ2n) is 4.35. The average molecular weight is 232 g/mol. The fourth-order valence-corrected chi connectivity index (χ4v) is 2.28. The predicted molar refractivity (Wildman–Crippen MR) is 62.1 cm³/mol. The third-order valence-electron chi connectivity index (χ3n) is 3.31. The van der Waals surface area contributed by atoms with Gasteiger partial charge in [-0.1, -0.05) is 6.42 Å². The summed E-state index contributed by atoms with van der Waals surface area (Å²) in [6.07, 6.45) is 6.51. The van der Waals surface area contributed by atoms with Gasteiger partial charge in [0, 0.05) is 0 Å². The molecule has 5 nitrogen and oxygen atoms in total. The molecular formula is C12H16N4O. The first-order valence-corrected chi connectivity index (χ1v) is 5.88. The van der Waals surface area contributed by atoms with Crippen molar-refractivity contribution in [1.82, 2.24) is 9.97 Å². The van der Waals surface area contributed by atoms with Crippen LogP contribution in [0.5, 0.6) is 5.88 Å². The molecule has 0 aromatic carbocycles. The van der Waals surface area contributed by atoms with Crippen molar-refractivity contribution in [2.24, 2.45) is 17.6 Å². The second-order valence-corrected chi connectivity index (χ2v) is 4.35. The van der Waals surface area contributed by atoms with E-state index in [1.807, 2.05) is 6.07 Å². The van der Waals surface area contributed by atoms with E-state index in [4.69, 9.17) is 15.7 Å².